The molecule has 1 N–H and O–H groups in total. The van der Waals surface area contributed by atoms with Gasteiger partial charge in [-0.2, -0.15) is 0 Å². The number of ether oxygens (including phenoxy) is 1. The highest BCUT2D eigenvalue weighted by Gasteiger charge is 2.37. The average molecular weight is 523 g/mol. The number of aromatic nitrogens is 2. The van der Waals surface area contributed by atoms with E-state index in [-0.39, 0.29) is 18.0 Å². The highest BCUT2D eigenvalue weighted by atomic mass is 35.5. The monoisotopic (exact) mass is 522 g/mol. The zero-order valence-corrected chi connectivity index (χ0v) is 20.9. The van der Waals surface area contributed by atoms with E-state index in [9.17, 15) is 13.2 Å². The highest BCUT2D eigenvalue weighted by molar-refractivity contribution is 7.92. The van der Waals surface area contributed by atoms with Crippen molar-refractivity contribution in [3.05, 3.63) is 102 Å². The van der Waals surface area contributed by atoms with Crippen molar-refractivity contribution in [1.82, 2.24) is 14.9 Å². The zero-order valence-electron chi connectivity index (χ0n) is 19.3. The lowest BCUT2D eigenvalue weighted by Crippen LogP contribution is -2.50. The van der Waals surface area contributed by atoms with Crippen LogP contribution in [0.25, 0.3) is 5.69 Å². The van der Waals surface area contributed by atoms with Crippen LogP contribution in [0, 0.1) is 6.92 Å². The number of fused-ring (bicyclic) bond motifs is 1. The molecule has 1 aliphatic heterocycles. The second kappa shape index (κ2) is 9.67. The molecule has 0 aliphatic carbocycles. The van der Waals surface area contributed by atoms with E-state index in [4.69, 9.17) is 16.3 Å². The third-order valence-corrected chi connectivity index (χ3v) is 7.98. The maximum atomic E-state index is 13.5. The Hall–Kier alpha value is -3.82. The SMILES string of the molecule is Cc1nccn1-c1ccc(CNC(=O)[C@@H]2CN(S(=O)(=O)c3ccc(Cl)cc3)c3ccccc3O2)cc1. The van der Waals surface area contributed by atoms with E-state index in [1.54, 1.807) is 30.5 Å². The first-order valence-corrected chi connectivity index (χ1v) is 13.1. The average Bonchev–Trinajstić information content (AvgIpc) is 3.32. The zero-order chi connectivity index (χ0) is 25.3. The molecule has 3 aromatic carbocycles. The van der Waals surface area contributed by atoms with Crippen molar-refractivity contribution in [3.8, 4) is 11.4 Å². The summed E-state index contributed by atoms with van der Waals surface area (Å²) in [7, 11) is -3.95. The van der Waals surface area contributed by atoms with Gasteiger partial charge in [0.25, 0.3) is 15.9 Å². The summed E-state index contributed by atoms with van der Waals surface area (Å²) in [6, 6.07) is 20.4. The third-order valence-electron chi connectivity index (χ3n) is 5.94. The van der Waals surface area contributed by atoms with E-state index in [1.807, 2.05) is 42.0 Å². The number of hydrogen-bond donors (Lipinski definition) is 1. The highest BCUT2D eigenvalue weighted by Crippen LogP contribution is 2.37. The Balaban J connectivity index is 1.32. The van der Waals surface area contributed by atoms with Crippen LogP contribution in [0.4, 0.5) is 5.69 Å². The van der Waals surface area contributed by atoms with Gasteiger partial charge in [0.05, 0.1) is 17.1 Å². The number of carbonyl (C=O) groups is 1. The van der Waals surface area contributed by atoms with Gasteiger partial charge in [-0.3, -0.25) is 9.10 Å². The minimum absolute atomic E-state index is 0.0796. The van der Waals surface area contributed by atoms with Crippen LogP contribution in [-0.4, -0.2) is 36.5 Å². The summed E-state index contributed by atoms with van der Waals surface area (Å²) in [5.74, 6) is 0.792. The molecule has 1 atom stereocenters. The Labute approximate surface area is 214 Å². The number of carbonyl (C=O) groups excluding carboxylic acids is 1. The second-order valence-corrected chi connectivity index (χ2v) is 10.6. The van der Waals surface area contributed by atoms with Gasteiger partial charge in [0.15, 0.2) is 6.10 Å². The van der Waals surface area contributed by atoms with Crippen molar-refractivity contribution in [2.24, 2.45) is 0 Å². The Kier molecular flexibility index (Phi) is 6.42. The molecule has 184 valence electrons. The summed E-state index contributed by atoms with van der Waals surface area (Å²) >= 11 is 5.93. The first-order chi connectivity index (χ1) is 17.3. The van der Waals surface area contributed by atoms with Crippen LogP contribution in [0.5, 0.6) is 5.75 Å². The van der Waals surface area contributed by atoms with E-state index in [0.29, 0.717) is 16.5 Å². The maximum absolute atomic E-state index is 13.5. The Bertz CT molecular complexity index is 1500. The molecule has 1 aromatic heterocycles. The normalized spacial score (nSPS) is 15.2. The number of halogens is 1. The van der Waals surface area contributed by atoms with Gasteiger partial charge >= 0.3 is 0 Å². The van der Waals surface area contributed by atoms with Crippen LogP contribution in [0.3, 0.4) is 0 Å². The number of amides is 1. The molecule has 0 fully saturated rings. The minimum Gasteiger partial charge on any atom is -0.476 e. The summed E-state index contributed by atoms with van der Waals surface area (Å²) in [5, 5.41) is 3.29. The molecule has 0 saturated heterocycles. The number of hydrogen-bond acceptors (Lipinski definition) is 5. The van der Waals surface area contributed by atoms with E-state index in [2.05, 4.69) is 10.3 Å². The molecule has 0 spiro atoms. The van der Waals surface area contributed by atoms with Gasteiger partial charge in [0.1, 0.15) is 11.6 Å². The molecule has 4 aromatic rings. The summed E-state index contributed by atoms with van der Waals surface area (Å²) in [5.41, 5.74) is 2.24. The predicted octanol–water partition coefficient (Wildman–Crippen LogP) is 4.11. The second-order valence-electron chi connectivity index (χ2n) is 8.29. The molecule has 2 heterocycles. The molecule has 5 rings (SSSR count). The molecule has 0 bridgehead atoms. The molecule has 36 heavy (non-hydrogen) atoms. The van der Waals surface area contributed by atoms with Crippen LogP contribution in [-0.2, 0) is 21.4 Å². The molecule has 8 nitrogen and oxygen atoms in total. The van der Waals surface area contributed by atoms with Gasteiger partial charge in [0, 0.05) is 29.6 Å². The number of imidazole rings is 1. The van der Waals surface area contributed by atoms with Crippen LogP contribution in [0.2, 0.25) is 5.02 Å². The summed E-state index contributed by atoms with van der Waals surface area (Å²) in [6.45, 7) is 2.03. The van der Waals surface area contributed by atoms with Gasteiger partial charge in [-0.25, -0.2) is 13.4 Å². The largest absolute Gasteiger partial charge is 0.476 e. The molecule has 0 unspecified atom stereocenters. The summed E-state index contributed by atoms with van der Waals surface area (Å²) in [4.78, 5) is 17.4. The van der Waals surface area contributed by atoms with Crippen molar-refractivity contribution in [3.63, 3.8) is 0 Å². The van der Waals surface area contributed by atoms with E-state index in [1.165, 1.54) is 28.6 Å². The van der Waals surface area contributed by atoms with Gasteiger partial charge in [-0.15, -0.1) is 0 Å². The molecular weight excluding hydrogens is 500 g/mol. The van der Waals surface area contributed by atoms with Crippen molar-refractivity contribution >= 4 is 33.2 Å². The van der Waals surface area contributed by atoms with Gasteiger partial charge in [-0.05, 0) is 61.0 Å². The topological polar surface area (TPSA) is 93.5 Å². The first kappa shape index (κ1) is 23.9. The minimum atomic E-state index is -3.95. The molecule has 10 heteroatoms. The van der Waals surface area contributed by atoms with Gasteiger partial charge in [-0.1, -0.05) is 35.9 Å². The maximum Gasteiger partial charge on any atom is 0.264 e. The first-order valence-electron chi connectivity index (χ1n) is 11.2. The Morgan fingerprint density at radius 2 is 1.81 bits per heavy atom. The molecule has 0 saturated carbocycles. The fourth-order valence-electron chi connectivity index (χ4n) is 4.03. The number of nitrogens with zero attached hydrogens (tertiary/aromatic N) is 3. The number of para-hydroxylation sites is 2. The van der Waals surface area contributed by atoms with Crippen LogP contribution in [0.1, 0.15) is 11.4 Å². The quantitative estimate of drug-likeness (QED) is 0.411. The van der Waals surface area contributed by atoms with E-state index in [0.717, 1.165) is 17.1 Å². The number of anilines is 1. The number of rotatable bonds is 6. The number of aryl methyl sites for hydroxylation is 1. The predicted molar refractivity (Wildman–Crippen MR) is 137 cm³/mol. The van der Waals surface area contributed by atoms with Crippen LogP contribution in [0.15, 0.2) is 90.1 Å². The Morgan fingerprint density at radius 3 is 2.50 bits per heavy atom. The lowest BCUT2D eigenvalue weighted by atomic mass is 10.2. The van der Waals surface area contributed by atoms with E-state index < -0.39 is 22.0 Å². The van der Waals surface area contributed by atoms with Crippen molar-refractivity contribution in [2.75, 3.05) is 10.8 Å². The van der Waals surface area contributed by atoms with Crippen molar-refractivity contribution in [2.45, 2.75) is 24.5 Å². The summed E-state index contributed by atoms with van der Waals surface area (Å²) < 4.78 is 36.0. The number of nitrogens with one attached hydrogen (secondary N) is 1. The molecule has 1 amide bonds. The molecular formula is C26H23ClN4O4S. The van der Waals surface area contributed by atoms with Gasteiger partial charge in [0.2, 0.25) is 0 Å². The van der Waals surface area contributed by atoms with Crippen molar-refractivity contribution < 1.29 is 17.9 Å². The lowest BCUT2D eigenvalue weighted by molar-refractivity contribution is -0.127. The fourth-order valence-corrected chi connectivity index (χ4v) is 5.63. The molecule has 0 radical (unpaired) electrons. The van der Waals surface area contributed by atoms with Crippen molar-refractivity contribution in [1.29, 1.82) is 0 Å². The lowest BCUT2D eigenvalue weighted by Gasteiger charge is -2.34. The third kappa shape index (κ3) is 4.67. The standard InChI is InChI=1S/C26H23ClN4O4S/c1-18-28-14-15-30(18)21-10-6-19(7-11-21)16-29-26(32)25-17-31(23-4-2-3-5-24(23)35-25)36(33,34)22-12-8-20(27)9-13-22/h2-15,25H,16-17H2,1H3,(H,29,32)/t25-/m0/s1. The van der Waals surface area contributed by atoms with E-state index >= 15 is 0 Å². The molecule has 1 aliphatic rings. The number of sulfonamides is 1. The number of benzene rings is 3. The summed E-state index contributed by atoms with van der Waals surface area (Å²) in [6.07, 6.45) is 2.60. The Morgan fingerprint density at radius 1 is 1.08 bits per heavy atom. The van der Waals surface area contributed by atoms with Crippen LogP contribution >= 0.6 is 11.6 Å². The smallest absolute Gasteiger partial charge is 0.264 e. The van der Waals surface area contributed by atoms with Crippen LogP contribution < -0.4 is 14.4 Å². The fraction of sp³-hybridized carbons (Fsp3) is 0.154. The van der Waals surface area contributed by atoms with Gasteiger partial charge < -0.3 is 14.6 Å².